The van der Waals surface area contributed by atoms with Crippen LogP contribution < -0.4 is 21.7 Å². The third-order valence-corrected chi connectivity index (χ3v) is 17.5. The lowest BCUT2D eigenvalue weighted by molar-refractivity contribution is -0.145. The maximum Gasteiger partial charge on any atom is 0.242 e. The summed E-state index contributed by atoms with van der Waals surface area (Å²) in [6.07, 6.45) is 9.06. The second-order valence-corrected chi connectivity index (χ2v) is 26.6. The SMILES string of the molecule is CC(C)(CCCCl)C(=O)N1NCCC1c1cc(F)cc(C#N)c1.CC(C)(CCCCl)C(=O)N1NCCC1c1ccc(F)c(F)c1.CC(C)(CCCCl)C(=O)N1NCCC1c1cccc(F)c1.[C-]#[N+]c1ccc(C2CCNN2C(=O)C(C)(C)CCCCl)cc1. The van der Waals surface area contributed by atoms with Crippen LogP contribution in [-0.4, -0.2) is 93.4 Å². The zero-order valence-electron chi connectivity index (χ0n) is 51.9. The van der Waals surface area contributed by atoms with Gasteiger partial charge in [-0.15, -0.1) is 46.4 Å². The fourth-order valence-corrected chi connectivity index (χ4v) is 11.7. The van der Waals surface area contributed by atoms with Gasteiger partial charge in [0.2, 0.25) is 23.6 Å². The van der Waals surface area contributed by atoms with Crippen molar-refractivity contribution in [1.82, 2.24) is 41.7 Å². The van der Waals surface area contributed by atoms with Gasteiger partial charge >= 0.3 is 0 Å². The molecule has 4 N–H and O–H groups in total. The smallest absolute Gasteiger partial charge is 0.242 e. The summed E-state index contributed by atoms with van der Waals surface area (Å²) in [4.78, 5) is 54.6. The Morgan fingerprint density at radius 2 is 0.841 bits per heavy atom. The zero-order valence-corrected chi connectivity index (χ0v) is 54.9. The van der Waals surface area contributed by atoms with E-state index in [0.717, 1.165) is 81.6 Å². The standard InChI is InChI=1S/C17H21ClFN3O.C17H22ClN3O.C16H21ClF2N2O.C16H22ClFN2O/c1-17(2,5-3-6-18)16(23)22-15(4-7-21-22)13-8-12(11-20)9-14(19)10-13;1-17(2,10-4-11-18)16(22)21-15(9-12-20-21)13-5-7-14(19-3)8-6-13;1-16(2,7-3-8-17)15(22)21-14(6-9-20-21)11-4-5-12(18)13(19)10-11;1-16(2,8-4-9-17)15(21)20-14(7-10-19-20)12-5-3-6-13(18)11-12/h8-10,15,21H,3-7H2,1-2H3;5-8,15,20H,4,9-12H2,1-2H3;4-5,10,14,20H,3,6-9H2,1-2H3;3,5-6,11,14,19H,4,7-10H2,1-2H3. The molecule has 8 rings (SSSR count). The molecule has 480 valence electrons. The molecule has 0 aromatic heterocycles. The highest BCUT2D eigenvalue weighted by Crippen LogP contribution is 2.39. The van der Waals surface area contributed by atoms with Crippen LogP contribution in [0.15, 0.2) is 84.9 Å². The van der Waals surface area contributed by atoms with Crippen LogP contribution in [0.2, 0.25) is 0 Å². The number of amides is 4. The van der Waals surface area contributed by atoms with Crippen LogP contribution in [0, 0.1) is 62.8 Å². The average Bonchev–Trinajstić information content (AvgIpc) is 3.38. The van der Waals surface area contributed by atoms with E-state index in [1.807, 2.05) is 91.8 Å². The van der Waals surface area contributed by atoms with Crippen LogP contribution in [0.25, 0.3) is 4.85 Å². The summed E-state index contributed by atoms with van der Waals surface area (Å²) in [7, 11) is 0. The van der Waals surface area contributed by atoms with E-state index in [9.17, 15) is 36.7 Å². The van der Waals surface area contributed by atoms with Crippen LogP contribution in [0.4, 0.5) is 23.2 Å². The molecule has 0 spiro atoms. The van der Waals surface area contributed by atoms with E-state index in [1.165, 1.54) is 36.4 Å². The predicted octanol–water partition coefficient (Wildman–Crippen LogP) is 15.0. The number of nitriles is 1. The van der Waals surface area contributed by atoms with E-state index in [2.05, 4.69) is 26.5 Å². The van der Waals surface area contributed by atoms with Crippen molar-refractivity contribution in [3.63, 3.8) is 0 Å². The van der Waals surface area contributed by atoms with Crippen molar-refractivity contribution in [1.29, 1.82) is 5.26 Å². The van der Waals surface area contributed by atoms with Crippen LogP contribution in [0.3, 0.4) is 0 Å². The first-order valence-corrected chi connectivity index (χ1v) is 32.3. The second-order valence-electron chi connectivity index (χ2n) is 25.1. The Morgan fingerprint density at radius 3 is 1.19 bits per heavy atom. The lowest BCUT2D eigenvalue weighted by Gasteiger charge is -2.33. The summed E-state index contributed by atoms with van der Waals surface area (Å²) in [6.45, 7) is 25.1. The van der Waals surface area contributed by atoms with Crippen molar-refractivity contribution >= 4 is 75.7 Å². The number of hydrogen-bond acceptors (Lipinski definition) is 9. The highest BCUT2D eigenvalue weighted by molar-refractivity contribution is 6.18. The molecule has 4 heterocycles. The van der Waals surface area contributed by atoms with Gasteiger partial charge in [-0.05, 0) is 142 Å². The molecule has 4 amide bonds. The molecule has 4 aliphatic rings. The third-order valence-electron chi connectivity index (χ3n) is 16.4. The van der Waals surface area contributed by atoms with E-state index in [-0.39, 0.29) is 59.2 Å². The summed E-state index contributed by atoms with van der Waals surface area (Å²) in [6, 6.07) is 23.3. The lowest BCUT2D eigenvalue weighted by Crippen LogP contribution is -2.46. The topological polar surface area (TPSA) is 158 Å². The predicted molar refractivity (Wildman–Crippen MR) is 340 cm³/mol. The quantitative estimate of drug-likeness (QED) is 0.0384. The highest BCUT2D eigenvalue weighted by Gasteiger charge is 2.42. The fraction of sp³-hybridized carbons (Fsp3) is 0.545. The van der Waals surface area contributed by atoms with Gasteiger partial charge in [0.05, 0.1) is 42.4 Å². The minimum Gasteiger partial charge on any atom is -0.273 e. The number of hydrazine groups is 4. The van der Waals surface area contributed by atoms with Crippen molar-refractivity contribution in [3.05, 3.63) is 147 Å². The lowest BCUT2D eigenvalue weighted by atomic mass is 9.86. The first kappa shape index (κ1) is 73.2. The highest BCUT2D eigenvalue weighted by atomic mass is 35.5. The van der Waals surface area contributed by atoms with Crippen LogP contribution in [0.1, 0.15) is 184 Å². The van der Waals surface area contributed by atoms with E-state index >= 15 is 0 Å². The van der Waals surface area contributed by atoms with Crippen molar-refractivity contribution < 1.29 is 36.7 Å². The number of carbonyl (C=O) groups is 4. The molecular formula is C66H86Cl4F4N10O4. The summed E-state index contributed by atoms with van der Waals surface area (Å²) < 4.78 is 53.7. The summed E-state index contributed by atoms with van der Waals surface area (Å²) in [5, 5.41) is 15.6. The fourth-order valence-electron chi connectivity index (χ4n) is 11.2. The molecule has 0 saturated carbocycles. The zero-order chi connectivity index (χ0) is 65.0. The monoisotopic (exact) mass is 1300 g/mol. The molecule has 4 fully saturated rings. The largest absolute Gasteiger partial charge is 0.273 e. The Balaban J connectivity index is 0.000000214. The van der Waals surface area contributed by atoms with E-state index in [0.29, 0.717) is 79.1 Å². The number of halogens is 8. The van der Waals surface area contributed by atoms with Gasteiger partial charge in [-0.1, -0.05) is 97.9 Å². The number of nitrogens with one attached hydrogen (secondary N) is 4. The van der Waals surface area contributed by atoms with Gasteiger partial charge in [0.15, 0.2) is 17.3 Å². The molecule has 0 radical (unpaired) electrons. The van der Waals surface area contributed by atoms with Gasteiger partial charge in [-0.2, -0.15) is 5.26 Å². The second kappa shape index (κ2) is 34.0. The summed E-state index contributed by atoms with van der Waals surface area (Å²) >= 11 is 22.9. The number of nitrogens with zero attached hydrogens (tertiary/aromatic N) is 6. The molecule has 22 heteroatoms. The van der Waals surface area contributed by atoms with Gasteiger partial charge in [0, 0.05) is 71.4 Å². The number of rotatable bonds is 20. The molecule has 4 aromatic carbocycles. The van der Waals surface area contributed by atoms with Crippen LogP contribution >= 0.6 is 46.4 Å². The Bertz CT molecular complexity index is 3050. The Morgan fingerprint density at radius 1 is 0.489 bits per heavy atom. The van der Waals surface area contributed by atoms with Gasteiger partial charge in [-0.25, -0.2) is 44.1 Å². The van der Waals surface area contributed by atoms with Gasteiger partial charge in [0.25, 0.3) is 0 Å². The summed E-state index contributed by atoms with van der Waals surface area (Å²) in [5.74, 6) is -0.282. The van der Waals surface area contributed by atoms with E-state index in [1.54, 1.807) is 32.2 Å². The maximum absolute atomic E-state index is 13.7. The summed E-state index contributed by atoms with van der Waals surface area (Å²) in [5.41, 5.74) is 14.5. The van der Waals surface area contributed by atoms with Crippen molar-refractivity contribution in [2.75, 3.05) is 49.7 Å². The van der Waals surface area contributed by atoms with Crippen LogP contribution in [0.5, 0.6) is 0 Å². The van der Waals surface area contributed by atoms with Crippen LogP contribution in [-0.2, 0) is 19.2 Å². The maximum atomic E-state index is 13.7. The number of benzene rings is 4. The molecule has 0 bridgehead atoms. The molecule has 4 aromatic rings. The Kier molecular flexibility index (Phi) is 28.3. The molecule has 88 heavy (non-hydrogen) atoms. The number of carbonyl (C=O) groups excluding carboxylic acids is 4. The Labute approximate surface area is 538 Å². The average molecular weight is 1300 g/mol. The number of alkyl halides is 4. The minimum absolute atomic E-state index is 0.0301. The molecular weight excluding hydrogens is 1210 g/mol. The normalized spacial score (nSPS) is 18.5. The van der Waals surface area contributed by atoms with E-state index < -0.39 is 39.1 Å². The molecule has 4 unspecified atom stereocenters. The molecule has 14 nitrogen and oxygen atoms in total. The first-order chi connectivity index (χ1) is 41.7. The molecule has 4 aliphatic heterocycles. The van der Waals surface area contributed by atoms with Crippen molar-refractivity contribution in [2.45, 2.75) is 157 Å². The van der Waals surface area contributed by atoms with Gasteiger partial charge < -0.3 is 0 Å². The minimum atomic E-state index is -0.891. The first-order valence-electron chi connectivity index (χ1n) is 30.1. The third kappa shape index (κ3) is 20.0. The van der Waals surface area contributed by atoms with Gasteiger partial charge in [0.1, 0.15) is 11.6 Å². The molecule has 0 aliphatic carbocycles. The van der Waals surface area contributed by atoms with Crippen molar-refractivity contribution in [2.24, 2.45) is 21.7 Å². The molecule has 4 saturated heterocycles. The van der Waals surface area contributed by atoms with Gasteiger partial charge in [-0.3, -0.25) is 39.2 Å². The van der Waals surface area contributed by atoms with E-state index in [4.69, 9.17) is 58.2 Å². The number of hydrogen-bond donors (Lipinski definition) is 4. The Hall–Kier alpha value is -5.54. The molecule has 4 atom stereocenters. The van der Waals surface area contributed by atoms with Crippen molar-refractivity contribution in [3.8, 4) is 6.07 Å².